The number of carbonyl (C=O) groups excluding carboxylic acids is 1. The Morgan fingerprint density at radius 2 is 2.24 bits per heavy atom. The van der Waals surface area contributed by atoms with Crippen LogP contribution in [0.4, 0.5) is 0 Å². The zero-order valence-electron chi connectivity index (χ0n) is 11.8. The Kier molecular flexibility index (Phi) is 3.94. The first-order chi connectivity index (χ1) is 10.2. The molecule has 21 heavy (non-hydrogen) atoms. The van der Waals surface area contributed by atoms with Gasteiger partial charge in [-0.25, -0.2) is 0 Å². The van der Waals surface area contributed by atoms with Crippen LogP contribution in [0.5, 0.6) is 0 Å². The van der Waals surface area contributed by atoms with E-state index in [1.165, 1.54) is 0 Å². The van der Waals surface area contributed by atoms with E-state index in [2.05, 4.69) is 10.4 Å². The van der Waals surface area contributed by atoms with Crippen molar-refractivity contribution < 1.29 is 4.79 Å². The summed E-state index contributed by atoms with van der Waals surface area (Å²) in [5.74, 6) is -0.00507. The molecule has 1 aromatic carbocycles. The van der Waals surface area contributed by atoms with Gasteiger partial charge in [-0.3, -0.25) is 9.48 Å². The first-order valence-corrected chi connectivity index (χ1v) is 7.29. The van der Waals surface area contributed by atoms with Crippen molar-refractivity contribution in [2.24, 2.45) is 7.05 Å². The second-order valence-electron chi connectivity index (χ2n) is 5.14. The van der Waals surface area contributed by atoms with E-state index in [4.69, 9.17) is 11.6 Å². The molecule has 1 N–H and O–H groups in total. The van der Waals surface area contributed by atoms with E-state index in [1.54, 1.807) is 24.1 Å². The van der Waals surface area contributed by atoms with Gasteiger partial charge in [0.15, 0.2) is 0 Å². The summed E-state index contributed by atoms with van der Waals surface area (Å²) in [6.07, 6.45) is 3.35. The summed E-state index contributed by atoms with van der Waals surface area (Å²) in [5, 5.41) is 8.09. The topological polar surface area (TPSA) is 50.2 Å². The molecule has 0 radical (unpaired) electrons. The van der Waals surface area contributed by atoms with E-state index in [0.717, 1.165) is 12.1 Å². The quantitative estimate of drug-likeness (QED) is 0.921. The first kappa shape index (κ1) is 14.1. The summed E-state index contributed by atoms with van der Waals surface area (Å²) in [6.45, 7) is 2.15. The fourth-order valence-corrected chi connectivity index (χ4v) is 2.93. The van der Waals surface area contributed by atoms with E-state index in [-0.39, 0.29) is 11.9 Å². The van der Waals surface area contributed by atoms with E-state index >= 15 is 0 Å². The largest absolute Gasteiger partial charge is 0.329 e. The molecule has 1 saturated heterocycles. The lowest BCUT2D eigenvalue weighted by Crippen LogP contribution is -2.48. The lowest BCUT2D eigenvalue weighted by molar-refractivity contribution is 0.0634. The van der Waals surface area contributed by atoms with Crippen molar-refractivity contribution in [1.29, 1.82) is 0 Å². The molecule has 3 rings (SSSR count). The van der Waals surface area contributed by atoms with Crippen molar-refractivity contribution in [3.63, 3.8) is 0 Å². The van der Waals surface area contributed by atoms with Gasteiger partial charge in [0.05, 0.1) is 17.8 Å². The third-order valence-corrected chi connectivity index (χ3v) is 4.06. The highest BCUT2D eigenvalue weighted by Crippen LogP contribution is 2.29. The van der Waals surface area contributed by atoms with Crippen molar-refractivity contribution >= 4 is 17.5 Å². The van der Waals surface area contributed by atoms with Gasteiger partial charge in [0, 0.05) is 37.9 Å². The van der Waals surface area contributed by atoms with Crippen LogP contribution in [0.2, 0.25) is 5.02 Å². The maximum atomic E-state index is 12.7. The minimum Gasteiger partial charge on any atom is -0.329 e. The Bertz CT molecular complexity index is 655. The fourth-order valence-electron chi connectivity index (χ4n) is 2.67. The molecule has 0 spiro atoms. The molecule has 0 bridgehead atoms. The average molecular weight is 305 g/mol. The molecule has 1 aromatic heterocycles. The second-order valence-corrected chi connectivity index (χ2v) is 5.55. The Labute approximate surface area is 128 Å². The highest BCUT2D eigenvalue weighted by atomic mass is 35.5. The molecule has 1 aliphatic rings. The van der Waals surface area contributed by atoms with Gasteiger partial charge in [-0.2, -0.15) is 5.10 Å². The van der Waals surface area contributed by atoms with Crippen molar-refractivity contribution in [2.75, 3.05) is 19.6 Å². The summed E-state index contributed by atoms with van der Waals surface area (Å²) in [5.41, 5.74) is 1.58. The third kappa shape index (κ3) is 2.80. The molecule has 1 fully saturated rings. The Hall–Kier alpha value is -1.85. The third-order valence-electron chi connectivity index (χ3n) is 3.72. The number of aryl methyl sites for hydroxylation is 1. The predicted molar refractivity (Wildman–Crippen MR) is 81.3 cm³/mol. The van der Waals surface area contributed by atoms with Crippen LogP contribution in [0.3, 0.4) is 0 Å². The van der Waals surface area contributed by atoms with Gasteiger partial charge in [-0.05, 0) is 11.6 Å². The first-order valence-electron chi connectivity index (χ1n) is 6.91. The molecular weight excluding hydrogens is 288 g/mol. The summed E-state index contributed by atoms with van der Waals surface area (Å²) in [6, 6.07) is 7.62. The average Bonchev–Trinajstić information content (AvgIpc) is 2.94. The highest BCUT2D eigenvalue weighted by molar-refractivity contribution is 6.31. The van der Waals surface area contributed by atoms with Crippen molar-refractivity contribution in [3.8, 4) is 0 Å². The van der Waals surface area contributed by atoms with E-state index in [1.807, 2.05) is 29.2 Å². The van der Waals surface area contributed by atoms with Crippen LogP contribution < -0.4 is 5.32 Å². The number of aromatic nitrogens is 2. The summed E-state index contributed by atoms with van der Waals surface area (Å²) in [4.78, 5) is 14.6. The molecule has 1 atom stereocenters. The van der Waals surface area contributed by atoms with Crippen LogP contribution in [0.25, 0.3) is 0 Å². The van der Waals surface area contributed by atoms with Crippen LogP contribution in [0.1, 0.15) is 22.0 Å². The van der Waals surface area contributed by atoms with Gasteiger partial charge in [0.25, 0.3) is 5.91 Å². The summed E-state index contributed by atoms with van der Waals surface area (Å²) in [7, 11) is 1.81. The van der Waals surface area contributed by atoms with E-state index < -0.39 is 0 Å². The number of halogens is 1. The molecule has 6 heteroatoms. The van der Waals surface area contributed by atoms with Crippen LogP contribution in [-0.4, -0.2) is 40.2 Å². The zero-order valence-corrected chi connectivity index (χ0v) is 12.5. The maximum Gasteiger partial charge on any atom is 0.257 e. The normalized spacial score (nSPS) is 18.8. The molecule has 2 aromatic rings. The minimum atomic E-state index is -0.0554. The predicted octanol–water partition coefficient (Wildman–Crippen LogP) is 1.86. The van der Waals surface area contributed by atoms with Gasteiger partial charge < -0.3 is 10.2 Å². The van der Waals surface area contributed by atoms with Crippen LogP contribution in [0, 0.1) is 0 Å². The summed E-state index contributed by atoms with van der Waals surface area (Å²) < 4.78 is 1.64. The molecule has 1 amide bonds. The number of piperazine rings is 1. The molecule has 0 aliphatic carbocycles. The summed E-state index contributed by atoms with van der Waals surface area (Å²) >= 11 is 6.30. The standard InChI is InChI=1S/C15H17ClN4O/c1-19-10-11(8-18-19)15(21)20-7-6-17-9-14(20)12-4-2-3-5-13(12)16/h2-5,8,10,14,17H,6-7,9H2,1H3. The van der Waals surface area contributed by atoms with Gasteiger partial charge >= 0.3 is 0 Å². The minimum absolute atomic E-state index is 0.00507. The molecule has 110 valence electrons. The second kappa shape index (κ2) is 5.87. The number of rotatable bonds is 2. The van der Waals surface area contributed by atoms with Gasteiger partial charge in [0.2, 0.25) is 0 Å². The van der Waals surface area contributed by atoms with E-state index in [9.17, 15) is 4.79 Å². The van der Waals surface area contributed by atoms with Gasteiger partial charge in [-0.15, -0.1) is 0 Å². The fraction of sp³-hybridized carbons (Fsp3) is 0.333. The van der Waals surface area contributed by atoms with E-state index in [0.29, 0.717) is 23.7 Å². The number of benzene rings is 1. The molecule has 1 unspecified atom stereocenters. The lowest BCUT2D eigenvalue weighted by Gasteiger charge is -2.36. The number of nitrogens with zero attached hydrogens (tertiary/aromatic N) is 3. The Morgan fingerprint density at radius 1 is 1.43 bits per heavy atom. The number of hydrogen-bond acceptors (Lipinski definition) is 3. The Balaban J connectivity index is 1.92. The highest BCUT2D eigenvalue weighted by Gasteiger charge is 2.30. The zero-order chi connectivity index (χ0) is 14.8. The molecule has 1 aliphatic heterocycles. The molecule has 0 saturated carbocycles. The number of amides is 1. The van der Waals surface area contributed by atoms with Gasteiger partial charge in [0.1, 0.15) is 0 Å². The molecule has 5 nitrogen and oxygen atoms in total. The van der Waals surface area contributed by atoms with Crippen molar-refractivity contribution in [1.82, 2.24) is 20.0 Å². The maximum absolute atomic E-state index is 12.7. The molecular formula is C15H17ClN4O. The SMILES string of the molecule is Cn1cc(C(=O)N2CCNCC2c2ccccc2Cl)cn1. The molecule has 2 heterocycles. The van der Waals surface area contributed by atoms with Gasteiger partial charge in [-0.1, -0.05) is 29.8 Å². The van der Waals surface area contributed by atoms with Crippen molar-refractivity contribution in [3.05, 3.63) is 52.8 Å². The van der Waals surface area contributed by atoms with Crippen LogP contribution in [-0.2, 0) is 7.05 Å². The van der Waals surface area contributed by atoms with Crippen molar-refractivity contribution in [2.45, 2.75) is 6.04 Å². The number of hydrogen-bond donors (Lipinski definition) is 1. The smallest absolute Gasteiger partial charge is 0.257 e. The van der Waals surface area contributed by atoms with Crippen LogP contribution >= 0.6 is 11.6 Å². The van der Waals surface area contributed by atoms with Crippen LogP contribution in [0.15, 0.2) is 36.7 Å². The monoisotopic (exact) mass is 304 g/mol. The number of nitrogens with one attached hydrogen (secondary N) is 1. The lowest BCUT2D eigenvalue weighted by atomic mass is 10.0. The Morgan fingerprint density at radius 3 is 2.95 bits per heavy atom. The number of carbonyl (C=O) groups is 1.